The molecule has 0 radical (unpaired) electrons. The van der Waals surface area contributed by atoms with Crippen LogP contribution in [0.2, 0.25) is 0 Å². The first-order valence-electron chi connectivity index (χ1n) is 10.6. The summed E-state index contributed by atoms with van der Waals surface area (Å²) in [5.41, 5.74) is 0. The van der Waals surface area contributed by atoms with E-state index in [1.807, 2.05) is 0 Å². The van der Waals surface area contributed by atoms with Crippen molar-refractivity contribution < 1.29 is 79.9 Å². The zero-order valence-corrected chi connectivity index (χ0v) is 17.7. The molecule has 0 amide bonds. The van der Waals surface area contributed by atoms with Crippen molar-refractivity contribution in [3.8, 4) is 0 Å². The summed E-state index contributed by atoms with van der Waals surface area (Å²) >= 11 is 0. The predicted octanol–water partition coefficient (Wildman–Crippen LogP) is -7.57. The topological polar surface area (TPSA) is 269 Å². The lowest BCUT2D eigenvalue weighted by Gasteiger charge is -2.48. The van der Waals surface area contributed by atoms with Gasteiger partial charge in [-0.25, -0.2) is 0 Å². The van der Waals surface area contributed by atoms with Crippen molar-refractivity contribution in [3.63, 3.8) is 0 Å². The maximum atomic E-state index is 10.5. The molecule has 0 spiro atoms. The van der Waals surface area contributed by atoms with E-state index < -0.39 is 112 Å². The molecule has 0 aromatic rings. The average molecular weight is 504 g/mol. The van der Waals surface area contributed by atoms with Gasteiger partial charge in [0.2, 0.25) is 0 Å². The first kappa shape index (κ1) is 27.9. The Kier molecular flexibility index (Phi) is 9.54. The Morgan fingerprint density at radius 3 is 1.26 bits per heavy atom. The molecule has 34 heavy (non-hydrogen) atoms. The van der Waals surface area contributed by atoms with Crippen LogP contribution in [-0.4, -0.2) is 168 Å². The average Bonchev–Trinajstić information content (AvgIpc) is 2.83. The summed E-state index contributed by atoms with van der Waals surface area (Å²) in [5.74, 6) is 0. The summed E-state index contributed by atoms with van der Waals surface area (Å²) in [6.07, 6.45) is -25.6. The molecule has 3 aliphatic heterocycles. The van der Waals surface area contributed by atoms with Crippen LogP contribution in [0.4, 0.5) is 0 Å². The van der Waals surface area contributed by atoms with Gasteiger partial charge in [-0.3, -0.25) is 0 Å². The van der Waals surface area contributed by atoms with E-state index in [-0.39, 0.29) is 0 Å². The molecule has 16 nitrogen and oxygen atoms in total. The Bertz CT molecular complexity index is 599. The first-order valence-corrected chi connectivity index (χ1v) is 10.6. The molecule has 16 heteroatoms. The first-order chi connectivity index (χ1) is 16.0. The van der Waals surface area contributed by atoms with Gasteiger partial charge in [0.15, 0.2) is 18.9 Å². The summed E-state index contributed by atoms with van der Waals surface area (Å²) in [5, 5.41) is 109. The van der Waals surface area contributed by atoms with Gasteiger partial charge in [0.05, 0.1) is 19.8 Å². The number of aliphatic hydroxyl groups excluding tert-OH is 11. The van der Waals surface area contributed by atoms with E-state index in [1.54, 1.807) is 0 Å². The Balaban J connectivity index is 1.84. The molecule has 0 aliphatic carbocycles. The van der Waals surface area contributed by atoms with Crippen LogP contribution in [-0.2, 0) is 23.7 Å². The standard InChI is InChI=1S/C18H32O16/c19-1-4-7(22)9(24)11(26)17(31-4)33-14-6(3-21)30-16(29)13(28)15(14)34-18-12(27)10(25)8(23)5(2-20)32-18/h4-29H,1-3H2/t4-,5-,6-,7-,8-,9+,10+,11-,12-,13-,14-,15-,16-,17+,18+/m1/s1. The number of ether oxygens (including phenoxy) is 5. The van der Waals surface area contributed by atoms with E-state index in [2.05, 4.69) is 0 Å². The minimum atomic E-state index is -1.93. The maximum Gasteiger partial charge on any atom is 0.187 e. The molecule has 3 aliphatic rings. The zero-order valence-electron chi connectivity index (χ0n) is 17.7. The highest BCUT2D eigenvalue weighted by Gasteiger charge is 2.53. The number of rotatable bonds is 7. The van der Waals surface area contributed by atoms with Crippen LogP contribution in [0, 0.1) is 0 Å². The quantitative estimate of drug-likeness (QED) is 0.154. The van der Waals surface area contributed by atoms with Gasteiger partial charge in [0, 0.05) is 0 Å². The highest BCUT2D eigenvalue weighted by Crippen LogP contribution is 2.32. The minimum absolute atomic E-state index is 0.762. The molecular weight excluding hydrogens is 472 g/mol. The molecule has 0 unspecified atom stereocenters. The zero-order chi connectivity index (χ0) is 25.3. The van der Waals surface area contributed by atoms with E-state index >= 15 is 0 Å². The molecular formula is C18H32O16. The third-order valence-electron chi connectivity index (χ3n) is 6.09. The van der Waals surface area contributed by atoms with Crippen molar-refractivity contribution in [1.82, 2.24) is 0 Å². The molecule has 0 bridgehead atoms. The minimum Gasteiger partial charge on any atom is -0.394 e. The molecule has 3 saturated heterocycles. The molecule has 0 aromatic heterocycles. The molecule has 3 fully saturated rings. The summed E-state index contributed by atoms with van der Waals surface area (Å²) in [4.78, 5) is 0. The number of hydrogen-bond donors (Lipinski definition) is 11. The van der Waals surface area contributed by atoms with Crippen LogP contribution in [0.5, 0.6) is 0 Å². The third kappa shape index (κ3) is 5.37. The van der Waals surface area contributed by atoms with Gasteiger partial charge in [-0.15, -0.1) is 0 Å². The Morgan fingerprint density at radius 2 is 0.853 bits per heavy atom. The SMILES string of the molecule is OC[C@H]1O[C@@H](O[C@@H]2[C@@H](O)[C@H](O)O[C@H](CO)[C@H]2O[C@@H]2O[C@H](CO)[C@@H](O)[C@H](O)[C@H]2O)[C@H](O)[C@@H](O)[C@@H]1O. The van der Waals surface area contributed by atoms with E-state index in [1.165, 1.54) is 0 Å². The van der Waals surface area contributed by atoms with Gasteiger partial charge in [-0.05, 0) is 0 Å². The Hall–Kier alpha value is -0.640. The monoisotopic (exact) mass is 504 g/mol. The van der Waals surface area contributed by atoms with Crippen LogP contribution >= 0.6 is 0 Å². The molecule has 15 atom stereocenters. The van der Waals surface area contributed by atoms with E-state index in [0.29, 0.717) is 0 Å². The molecule has 200 valence electrons. The fourth-order valence-electron chi connectivity index (χ4n) is 4.04. The van der Waals surface area contributed by atoms with Crippen molar-refractivity contribution in [3.05, 3.63) is 0 Å². The van der Waals surface area contributed by atoms with Crippen LogP contribution in [0.3, 0.4) is 0 Å². The van der Waals surface area contributed by atoms with Gasteiger partial charge in [0.25, 0.3) is 0 Å². The van der Waals surface area contributed by atoms with Crippen LogP contribution in [0.1, 0.15) is 0 Å². The number of hydrogen-bond acceptors (Lipinski definition) is 16. The molecule has 3 heterocycles. The Labute approximate surface area is 192 Å². The van der Waals surface area contributed by atoms with E-state index in [9.17, 15) is 56.2 Å². The smallest absolute Gasteiger partial charge is 0.187 e. The lowest BCUT2D eigenvalue weighted by molar-refractivity contribution is -0.383. The molecule has 0 aromatic carbocycles. The third-order valence-corrected chi connectivity index (χ3v) is 6.09. The normalized spacial score (nSPS) is 52.5. The van der Waals surface area contributed by atoms with E-state index in [0.717, 1.165) is 0 Å². The van der Waals surface area contributed by atoms with E-state index in [4.69, 9.17) is 23.7 Å². The van der Waals surface area contributed by atoms with Crippen molar-refractivity contribution >= 4 is 0 Å². The van der Waals surface area contributed by atoms with Gasteiger partial charge in [-0.1, -0.05) is 0 Å². The van der Waals surface area contributed by atoms with Crippen molar-refractivity contribution in [2.45, 2.75) is 92.1 Å². The van der Waals surface area contributed by atoms with Crippen LogP contribution < -0.4 is 0 Å². The van der Waals surface area contributed by atoms with Crippen molar-refractivity contribution in [2.24, 2.45) is 0 Å². The largest absolute Gasteiger partial charge is 0.394 e. The Morgan fingerprint density at radius 1 is 0.441 bits per heavy atom. The highest BCUT2D eigenvalue weighted by atomic mass is 16.8. The second-order valence-corrected chi connectivity index (χ2v) is 8.33. The van der Waals surface area contributed by atoms with Gasteiger partial charge >= 0.3 is 0 Å². The fraction of sp³-hybridized carbons (Fsp3) is 1.00. The van der Waals surface area contributed by atoms with Crippen molar-refractivity contribution in [2.75, 3.05) is 19.8 Å². The van der Waals surface area contributed by atoms with Crippen LogP contribution in [0.15, 0.2) is 0 Å². The highest BCUT2D eigenvalue weighted by molar-refractivity contribution is 4.96. The molecule has 0 saturated carbocycles. The lowest BCUT2D eigenvalue weighted by atomic mass is 9.96. The van der Waals surface area contributed by atoms with Gasteiger partial charge < -0.3 is 79.9 Å². The second kappa shape index (κ2) is 11.6. The molecule has 3 rings (SSSR count). The summed E-state index contributed by atoms with van der Waals surface area (Å²) in [6.45, 7) is -2.35. The summed E-state index contributed by atoms with van der Waals surface area (Å²) in [6, 6.07) is 0. The van der Waals surface area contributed by atoms with Crippen molar-refractivity contribution in [1.29, 1.82) is 0 Å². The van der Waals surface area contributed by atoms with Gasteiger partial charge in [0.1, 0.15) is 73.2 Å². The van der Waals surface area contributed by atoms with Gasteiger partial charge in [-0.2, -0.15) is 0 Å². The number of aliphatic hydroxyl groups is 11. The lowest BCUT2D eigenvalue weighted by Crippen LogP contribution is -2.67. The second-order valence-electron chi connectivity index (χ2n) is 8.33. The van der Waals surface area contributed by atoms with Crippen LogP contribution in [0.25, 0.3) is 0 Å². The maximum absolute atomic E-state index is 10.5. The summed E-state index contributed by atoms with van der Waals surface area (Å²) < 4.78 is 26.7. The predicted molar refractivity (Wildman–Crippen MR) is 101 cm³/mol. The molecule has 11 N–H and O–H groups in total. The fourth-order valence-corrected chi connectivity index (χ4v) is 4.04. The summed E-state index contributed by atoms with van der Waals surface area (Å²) in [7, 11) is 0.